The molecule has 2 heterocycles. The SMILES string of the molecule is CCOC(=O)C=Cc1cc(OC)c(OC2CCN(CC(O)(c3cn(Cc4ccccc4)c4cc([N+](=O)[O-])ccc34)C(F)(F)F)CC2)c(OC)c1. The highest BCUT2D eigenvalue weighted by Gasteiger charge is 2.57. The minimum absolute atomic E-state index is 0.0734. The molecule has 14 heteroatoms. The molecular formula is C36H38F3N3O8. The number of carbonyl (C=O) groups is 1. The topological polar surface area (TPSA) is 126 Å². The third-order valence-electron chi connectivity index (χ3n) is 8.64. The molecule has 0 amide bonds. The van der Waals surface area contributed by atoms with Crippen molar-refractivity contribution >= 4 is 28.6 Å². The molecule has 0 aliphatic carbocycles. The van der Waals surface area contributed by atoms with Crippen molar-refractivity contribution in [2.45, 2.75) is 44.2 Å². The monoisotopic (exact) mass is 697 g/mol. The summed E-state index contributed by atoms with van der Waals surface area (Å²) in [6.45, 7) is 1.70. The van der Waals surface area contributed by atoms with Gasteiger partial charge in [-0.2, -0.15) is 13.2 Å². The second kappa shape index (κ2) is 15.2. The maximum absolute atomic E-state index is 14.9. The van der Waals surface area contributed by atoms with Gasteiger partial charge in [0.25, 0.3) is 5.69 Å². The molecule has 1 saturated heterocycles. The summed E-state index contributed by atoms with van der Waals surface area (Å²) in [6, 6.07) is 15.9. The highest BCUT2D eigenvalue weighted by atomic mass is 19.4. The Balaban J connectivity index is 1.37. The molecule has 0 saturated carbocycles. The first-order valence-electron chi connectivity index (χ1n) is 16.0. The van der Waals surface area contributed by atoms with E-state index >= 15 is 0 Å². The number of piperidine rings is 1. The van der Waals surface area contributed by atoms with Crippen molar-refractivity contribution in [2.75, 3.05) is 40.5 Å². The summed E-state index contributed by atoms with van der Waals surface area (Å²) < 4.78 is 68.6. The van der Waals surface area contributed by atoms with Crippen LogP contribution in [0.25, 0.3) is 17.0 Å². The first-order valence-corrected chi connectivity index (χ1v) is 16.0. The van der Waals surface area contributed by atoms with Crippen LogP contribution in [0, 0.1) is 10.1 Å². The molecule has 266 valence electrons. The number of non-ortho nitro benzene ring substituents is 1. The van der Waals surface area contributed by atoms with E-state index in [2.05, 4.69) is 0 Å². The van der Waals surface area contributed by atoms with E-state index in [1.807, 2.05) is 0 Å². The summed E-state index contributed by atoms with van der Waals surface area (Å²) in [7, 11) is 2.91. The average molecular weight is 698 g/mol. The largest absolute Gasteiger partial charge is 0.493 e. The molecule has 11 nitrogen and oxygen atoms in total. The summed E-state index contributed by atoms with van der Waals surface area (Å²) in [6.07, 6.45) is -0.719. The van der Waals surface area contributed by atoms with Crippen molar-refractivity contribution in [2.24, 2.45) is 0 Å². The van der Waals surface area contributed by atoms with Crippen LogP contribution >= 0.6 is 0 Å². The van der Waals surface area contributed by atoms with Gasteiger partial charge in [-0.15, -0.1) is 0 Å². The third-order valence-corrected chi connectivity index (χ3v) is 8.64. The number of benzene rings is 3. The van der Waals surface area contributed by atoms with Crippen molar-refractivity contribution in [3.63, 3.8) is 0 Å². The van der Waals surface area contributed by atoms with Gasteiger partial charge in [-0.05, 0) is 55.2 Å². The van der Waals surface area contributed by atoms with Gasteiger partial charge < -0.3 is 28.6 Å². The molecule has 1 aliphatic rings. The van der Waals surface area contributed by atoms with Crippen LogP contribution in [0.5, 0.6) is 17.2 Å². The Morgan fingerprint density at radius 2 is 1.70 bits per heavy atom. The Bertz CT molecular complexity index is 1830. The second-order valence-electron chi connectivity index (χ2n) is 11.9. The van der Waals surface area contributed by atoms with E-state index in [1.54, 1.807) is 55.5 Å². The van der Waals surface area contributed by atoms with Crippen molar-refractivity contribution in [1.82, 2.24) is 9.47 Å². The molecule has 1 aromatic heterocycles. The van der Waals surface area contributed by atoms with Crippen LogP contribution in [0.1, 0.15) is 36.5 Å². The predicted octanol–water partition coefficient (Wildman–Crippen LogP) is 6.48. The molecule has 1 fully saturated rings. The number of nitro groups is 1. The molecule has 1 aliphatic heterocycles. The number of rotatable bonds is 13. The number of nitro benzene ring substituents is 1. The van der Waals surface area contributed by atoms with Gasteiger partial charge >= 0.3 is 12.1 Å². The van der Waals surface area contributed by atoms with E-state index in [0.717, 1.165) is 11.6 Å². The van der Waals surface area contributed by atoms with Gasteiger partial charge in [-0.3, -0.25) is 15.0 Å². The van der Waals surface area contributed by atoms with Crippen LogP contribution in [-0.2, 0) is 21.7 Å². The molecule has 0 radical (unpaired) electrons. The van der Waals surface area contributed by atoms with Crippen LogP contribution in [0.2, 0.25) is 0 Å². The van der Waals surface area contributed by atoms with Crippen molar-refractivity contribution in [3.05, 3.63) is 99.7 Å². The maximum Gasteiger partial charge on any atom is 0.422 e. The molecule has 5 rings (SSSR count). The maximum atomic E-state index is 14.9. The minimum Gasteiger partial charge on any atom is -0.493 e. The molecule has 1 atom stereocenters. The van der Waals surface area contributed by atoms with Crippen LogP contribution < -0.4 is 14.2 Å². The van der Waals surface area contributed by atoms with Gasteiger partial charge in [0.15, 0.2) is 11.5 Å². The van der Waals surface area contributed by atoms with Gasteiger partial charge in [-0.25, -0.2) is 4.79 Å². The lowest BCUT2D eigenvalue weighted by atomic mass is 9.91. The molecule has 0 spiro atoms. The lowest BCUT2D eigenvalue weighted by molar-refractivity contribution is -0.384. The summed E-state index contributed by atoms with van der Waals surface area (Å²) in [5, 5.41) is 23.2. The van der Waals surface area contributed by atoms with Crippen LogP contribution in [0.3, 0.4) is 0 Å². The summed E-state index contributed by atoms with van der Waals surface area (Å²) in [5.74, 6) is 0.494. The molecule has 50 heavy (non-hydrogen) atoms. The number of halogens is 3. The Morgan fingerprint density at radius 1 is 1.04 bits per heavy atom. The van der Waals surface area contributed by atoms with E-state index in [4.69, 9.17) is 18.9 Å². The summed E-state index contributed by atoms with van der Waals surface area (Å²) in [5.41, 5.74) is -2.36. The van der Waals surface area contributed by atoms with E-state index in [0.29, 0.717) is 35.7 Å². The highest BCUT2D eigenvalue weighted by Crippen LogP contribution is 2.45. The van der Waals surface area contributed by atoms with Gasteiger partial charge in [-0.1, -0.05) is 30.3 Å². The van der Waals surface area contributed by atoms with Gasteiger partial charge in [0.05, 0.1) is 31.3 Å². The Kier molecular flexibility index (Phi) is 11.0. The number of β-amino-alcohol motifs (C(OH)–C–C–N with tert-alkyl or cyclic N) is 1. The number of hydrogen-bond donors (Lipinski definition) is 1. The normalized spacial score (nSPS) is 15.6. The van der Waals surface area contributed by atoms with Crippen molar-refractivity contribution in [1.29, 1.82) is 0 Å². The van der Waals surface area contributed by atoms with Gasteiger partial charge in [0.1, 0.15) is 6.10 Å². The lowest BCUT2D eigenvalue weighted by Crippen LogP contribution is -2.53. The number of aliphatic hydroxyl groups is 1. The Morgan fingerprint density at radius 3 is 2.28 bits per heavy atom. The zero-order chi connectivity index (χ0) is 36.1. The molecule has 1 unspecified atom stereocenters. The number of methoxy groups -OCH3 is 2. The number of carbonyl (C=O) groups excluding carboxylic acids is 1. The molecule has 4 aromatic rings. The van der Waals surface area contributed by atoms with Gasteiger partial charge in [0.2, 0.25) is 11.4 Å². The zero-order valence-electron chi connectivity index (χ0n) is 27.8. The van der Waals surface area contributed by atoms with Crippen LogP contribution in [0.4, 0.5) is 18.9 Å². The van der Waals surface area contributed by atoms with E-state index in [1.165, 1.54) is 48.1 Å². The van der Waals surface area contributed by atoms with Crippen molar-refractivity contribution in [3.8, 4) is 17.2 Å². The number of likely N-dealkylation sites (tertiary alicyclic amines) is 1. The Hall–Kier alpha value is -5.08. The number of fused-ring (bicyclic) bond motifs is 1. The molecule has 1 N–H and O–H groups in total. The van der Waals surface area contributed by atoms with E-state index in [9.17, 15) is 33.2 Å². The van der Waals surface area contributed by atoms with Crippen molar-refractivity contribution < 1.29 is 46.9 Å². The zero-order valence-corrected chi connectivity index (χ0v) is 27.8. The smallest absolute Gasteiger partial charge is 0.422 e. The molecule has 3 aromatic carbocycles. The molecule has 0 bridgehead atoms. The number of ether oxygens (including phenoxy) is 4. The fraction of sp³-hybridized carbons (Fsp3) is 0.361. The molecular weight excluding hydrogens is 659 g/mol. The summed E-state index contributed by atoms with van der Waals surface area (Å²) >= 11 is 0. The highest BCUT2D eigenvalue weighted by molar-refractivity contribution is 5.88. The first kappa shape index (κ1) is 36.2. The van der Waals surface area contributed by atoms with Crippen LogP contribution in [0.15, 0.2) is 72.9 Å². The Labute approximate surface area is 286 Å². The van der Waals surface area contributed by atoms with Crippen LogP contribution in [-0.4, -0.2) is 78.2 Å². The number of esters is 1. The fourth-order valence-corrected chi connectivity index (χ4v) is 6.10. The standard InChI is InChI=1S/C36H38F3N3O8/c1-4-49-33(43)13-10-25-18-31(47-2)34(32(19-25)48-3)50-27-14-16-40(17-15-27)23-35(44,36(37,38)39)29-22-41(21-24-8-6-5-7-9-24)30-20-26(42(45)46)11-12-28(29)30/h5-13,18-20,22,27,44H,4,14-17,21,23H2,1-3H3. The van der Waals surface area contributed by atoms with E-state index in [-0.39, 0.29) is 48.4 Å². The first-order chi connectivity index (χ1) is 23.9. The summed E-state index contributed by atoms with van der Waals surface area (Å²) in [4.78, 5) is 24.2. The van der Waals surface area contributed by atoms with E-state index < -0.39 is 35.3 Å². The number of alkyl halides is 3. The predicted molar refractivity (Wildman–Crippen MR) is 179 cm³/mol. The third kappa shape index (κ3) is 7.87. The minimum atomic E-state index is -5.07. The number of aromatic nitrogens is 1. The quantitative estimate of drug-likeness (QED) is 0.0723. The van der Waals surface area contributed by atoms with Gasteiger partial charge in [0, 0.05) is 61.5 Å². The second-order valence-corrected chi connectivity index (χ2v) is 11.9. The lowest BCUT2D eigenvalue weighted by Gasteiger charge is -2.39. The fourth-order valence-electron chi connectivity index (χ4n) is 6.10. The number of hydrogen-bond acceptors (Lipinski definition) is 9. The average Bonchev–Trinajstić information content (AvgIpc) is 3.46. The number of nitrogens with zero attached hydrogens (tertiary/aromatic N) is 3.